The van der Waals surface area contributed by atoms with Crippen LogP contribution in [-0.2, 0) is 9.53 Å². The third-order valence-corrected chi connectivity index (χ3v) is 3.49. The quantitative estimate of drug-likeness (QED) is 0.726. The van der Waals surface area contributed by atoms with E-state index in [0.717, 1.165) is 12.8 Å². The molecule has 0 aliphatic heterocycles. The van der Waals surface area contributed by atoms with Gasteiger partial charge in [-0.15, -0.1) is 0 Å². The maximum Gasteiger partial charge on any atom is 0.306 e. The highest BCUT2D eigenvalue weighted by Gasteiger charge is 2.34. The number of halogens is 1. The van der Waals surface area contributed by atoms with Crippen molar-refractivity contribution in [3.63, 3.8) is 0 Å². The van der Waals surface area contributed by atoms with Crippen molar-refractivity contribution in [2.24, 2.45) is 5.92 Å². The predicted octanol–water partition coefficient (Wildman–Crippen LogP) is 4.75. The van der Waals surface area contributed by atoms with Gasteiger partial charge in [-0.2, -0.15) is 0 Å². The van der Waals surface area contributed by atoms with Crippen molar-refractivity contribution >= 4 is 5.97 Å². The average Bonchev–Trinajstić information content (AvgIpc) is 2.45. The maximum atomic E-state index is 13.3. The van der Waals surface area contributed by atoms with Crippen LogP contribution in [0.1, 0.15) is 53.9 Å². The molecule has 24 heavy (non-hydrogen) atoms. The van der Waals surface area contributed by atoms with E-state index in [1.54, 1.807) is 6.07 Å². The van der Waals surface area contributed by atoms with Crippen LogP contribution in [0.3, 0.4) is 0 Å². The Hall–Kier alpha value is -1.78. The van der Waals surface area contributed by atoms with Gasteiger partial charge in [0.1, 0.15) is 11.4 Å². The van der Waals surface area contributed by atoms with Gasteiger partial charge >= 0.3 is 5.97 Å². The van der Waals surface area contributed by atoms with Gasteiger partial charge in [-0.05, 0) is 51.7 Å². The first-order valence-electron chi connectivity index (χ1n) is 8.49. The first-order valence-corrected chi connectivity index (χ1v) is 8.49. The molecule has 0 saturated heterocycles. The third-order valence-electron chi connectivity index (χ3n) is 3.49. The van der Waals surface area contributed by atoms with Crippen LogP contribution in [0, 0.1) is 11.7 Å². The second-order valence-corrected chi connectivity index (χ2v) is 6.66. The van der Waals surface area contributed by atoms with Crippen molar-refractivity contribution < 1.29 is 23.4 Å². The van der Waals surface area contributed by atoms with E-state index in [2.05, 4.69) is 0 Å². The highest BCUT2D eigenvalue weighted by molar-refractivity contribution is 5.70. The number of methoxy groups -OCH3 is 1. The molecule has 0 aromatic heterocycles. The Morgan fingerprint density at radius 2 is 1.83 bits per heavy atom. The Balaban J connectivity index is 0.00000139. The van der Waals surface area contributed by atoms with Crippen molar-refractivity contribution in [2.75, 3.05) is 7.11 Å². The molecule has 1 fully saturated rings. The van der Waals surface area contributed by atoms with Crippen LogP contribution in [0.15, 0.2) is 18.2 Å². The van der Waals surface area contributed by atoms with Crippen molar-refractivity contribution in [2.45, 2.75) is 65.6 Å². The van der Waals surface area contributed by atoms with Gasteiger partial charge in [0.15, 0.2) is 11.5 Å². The fraction of sp³-hybridized carbons (Fsp3) is 0.632. The van der Waals surface area contributed by atoms with Crippen molar-refractivity contribution in [3.05, 3.63) is 24.0 Å². The minimum Gasteiger partial charge on any atom is -0.493 e. The van der Waals surface area contributed by atoms with Crippen LogP contribution >= 0.6 is 0 Å². The van der Waals surface area contributed by atoms with E-state index < -0.39 is 5.60 Å². The molecule has 0 bridgehead atoms. The lowest BCUT2D eigenvalue weighted by atomic mass is 9.80. The topological polar surface area (TPSA) is 44.8 Å². The number of rotatable bonds is 5. The minimum atomic E-state index is -0.453. The lowest BCUT2D eigenvalue weighted by molar-refractivity contribution is -0.157. The standard InChI is InChI=1S/C17H23FO4.C2H6/c1-17(2,3)22-16(19)9-11-7-13(8-11)21-15-10-12(18)5-6-14(15)20-4;1-2/h5-6,10-11,13H,7-9H2,1-4H3;1-2H3. The van der Waals surface area contributed by atoms with E-state index in [4.69, 9.17) is 14.2 Å². The summed E-state index contributed by atoms with van der Waals surface area (Å²) in [5, 5.41) is 0. The highest BCUT2D eigenvalue weighted by Crippen LogP contribution is 2.37. The second-order valence-electron chi connectivity index (χ2n) is 6.66. The number of carbonyl (C=O) groups excluding carboxylic acids is 1. The van der Waals surface area contributed by atoms with Crippen molar-refractivity contribution in [1.82, 2.24) is 0 Å². The van der Waals surface area contributed by atoms with E-state index in [-0.39, 0.29) is 23.8 Å². The first-order chi connectivity index (χ1) is 11.3. The summed E-state index contributed by atoms with van der Waals surface area (Å²) in [6.45, 7) is 9.56. The molecular weight excluding hydrogens is 311 g/mol. The van der Waals surface area contributed by atoms with Crippen LogP contribution in [0.2, 0.25) is 0 Å². The number of hydrogen-bond donors (Lipinski definition) is 0. The molecule has 0 atom stereocenters. The molecular formula is C19H29FO4. The van der Waals surface area contributed by atoms with Gasteiger partial charge in [-0.25, -0.2) is 4.39 Å². The molecule has 5 heteroatoms. The maximum absolute atomic E-state index is 13.3. The molecule has 0 heterocycles. The molecule has 0 unspecified atom stereocenters. The first kappa shape index (κ1) is 20.3. The number of hydrogen-bond acceptors (Lipinski definition) is 4. The minimum absolute atomic E-state index is 0.0110. The van der Waals surface area contributed by atoms with Gasteiger partial charge in [-0.3, -0.25) is 4.79 Å². The number of esters is 1. The summed E-state index contributed by atoms with van der Waals surface area (Å²) in [4.78, 5) is 11.7. The smallest absolute Gasteiger partial charge is 0.306 e. The summed E-state index contributed by atoms with van der Waals surface area (Å²) >= 11 is 0. The van der Waals surface area contributed by atoms with Crippen molar-refractivity contribution in [3.8, 4) is 11.5 Å². The number of carbonyl (C=O) groups is 1. The van der Waals surface area contributed by atoms with Crippen LogP contribution in [0.25, 0.3) is 0 Å². The Morgan fingerprint density at radius 1 is 1.21 bits per heavy atom. The summed E-state index contributed by atoms with van der Waals surface area (Å²) in [7, 11) is 1.52. The molecule has 2 rings (SSSR count). The highest BCUT2D eigenvalue weighted by atomic mass is 19.1. The summed E-state index contributed by atoms with van der Waals surface area (Å²) in [5.74, 6) is 0.638. The van der Waals surface area contributed by atoms with Crippen LogP contribution in [0.4, 0.5) is 4.39 Å². The molecule has 1 aromatic rings. The molecule has 1 aliphatic carbocycles. The van der Waals surface area contributed by atoms with Crippen LogP contribution in [0.5, 0.6) is 11.5 Å². The van der Waals surface area contributed by atoms with Crippen LogP contribution in [-0.4, -0.2) is 24.8 Å². The molecule has 0 spiro atoms. The fourth-order valence-corrected chi connectivity index (χ4v) is 2.48. The van der Waals surface area contributed by atoms with Gasteiger partial charge in [0.05, 0.1) is 13.2 Å². The molecule has 1 aromatic carbocycles. The molecule has 0 amide bonds. The van der Waals surface area contributed by atoms with E-state index in [9.17, 15) is 9.18 Å². The summed E-state index contributed by atoms with van der Waals surface area (Å²) in [6, 6.07) is 4.19. The zero-order valence-electron chi connectivity index (χ0n) is 15.5. The Bertz CT molecular complexity index is 531. The predicted molar refractivity (Wildman–Crippen MR) is 91.9 cm³/mol. The molecule has 1 aliphatic rings. The lowest BCUT2D eigenvalue weighted by Crippen LogP contribution is -2.36. The molecule has 0 radical (unpaired) electrons. The van der Waals surface area contributed by atoms with Gasteiger partial charge in [0.2, 0.25) is 0 Å². The Labute approximate surface area is 144 Å². The Kier molecular flexibility index (Phi) is 7.52. The third kappa shape index (κ3) is 6.38. The summed E-state index contributed by atoms with van der Waals surface area (Å²) in [5.41, 5.74) is -0.453. The summed E-state index contributed by atoms with van der Waals surface area (Å²) < 4.78 is 29.5. The monoisotopic (exact) mass is 340 g/mol. The van der Waals surface area contributed by atoms with E-state index in [0.29, 0.717) is 17.9 Å². The lowest BCUT2D eigenvalue weighted by Gasteiger charge is -2.35. The molecule has 4 nitrogen and oxygen atoms in total. The molecule has 136 valence electrons. The van der Waals surface area contributed by atoms with Gasteiger partial charge in [0.25, 0.3) is 0 Å². The van der Waals surface area contributed by atoms with Crippen LogP contribution < -0.4 is 9.47 Å². The number of ether oxygens (including phenoxy) is 3. The van der Waals surface area contributed by atoms with E-state index in [1.165, 1.54) is 19.2 Å². The van der Waals surface area contributed by atoms with Gasteiger partial charge in [-0.1, -0.05) is 13.8 Å². The average molecular weight is 340 g/mol. The molecule has 0 N–H and O–H groups in total. The molecule has 1 saturated carbocycles. The van der Waals surface area contributed by atoms with Gasteiger partial charge < -0.3 is 14.2 Å². The van der Waals surface area contributed by atoms with E-state index >= 15 is 0 Å². The van der Waals surface area contributed by atoms with Crippen molar-refractivity contribution in [1.29, 1.82) is 0 Å². The SMILES string of the molecule is CC.COc1ccc(F)cc1OC1CC(CC(=O)OC(C)(C)C)C1. The normalized spacial score (nSPS) is 19.5. The Morgan fingerprint density at radius 3 is 2.38 bits per heavy atom. The number of benzene rings is 1. The zero-order chi connectivity index (χ0) is 18.3. The fourth-order valence-electron chi connectivity index (χ4n) is 2.48. The largest absolute Gasteiger partial charge is 0.493 e. The zero-order valence-corrected chi connectivity index (χ0v) is 15.5. The van der Waals surface area contributed by atoms with E-state index in [1.807, 2.05) is 34.6 Å². The summed E-state index contributed by atoms with van der Waals surface area (Å²) in [6.07, 6.45) is 1.91. The van der Waals surface area contributed by atoms with Gasteiger partial charge in [0, 0.05) is 12.5 Å². The second kappa shape index (κ2) is 8.90.